The number of methoxy groups -OCH3 is 3. The number of esters is 1. The van der Waals surface area contributed by atoms with Gasteiger partial charge in [-0.05, 0) is 43.7 Å². The molecule has 2 aliphatic rings. The average molecular weight is 469 g/mol. The molecule has 0 aromatic heterocycles. The molecule has 2 aliphatic heterocycles. The van der Waals surface area contributed by atoms with Crippen LogP contribution >= 0.6 is 0 Å². The average Bonchev–Trinajstić information content (AvgIpc) is 3.31. The number of anilines is 1. The van der Waals surface area contributed by atoms with Gasteiger partial charge in [0, 0.05) is 12.1 Å². The summed E-state index contributed by atoms with van der Waals surface area (Å²) in [4.78, 5) is 41.7. The highest BCUT2D eigenvalue weighted by atomic mass is 16.5. The second kappa shape index (κ2) is 8.98. The van der Waals surface area contributed by atoms with Crippen molar-refractivity contribution in [3.8, 4) is 17.2 Å². The molecule has 4 rings (SSSR count). The first-order chi connectivity index (χ1) is 16.3. The molecule has 2 fully saturated rings. The molecule has 2 amide bonds. The summed E-state index contributed by atoms with van der Waals surface area (Å²) < 4.78 is 21.3. The fourth-order valence-electron chi connectivity index (χ4n) is 4.94. The van der Waals surface area contributed by atoms with Crippen molar-refractivity contribution in [2.75, 3.05) is 32.8 Å². The van der Waals surface area contributed by atoms with Crippen LogP contribution in [-0.2, 0) is 19.1 Å². The molecule has 2 saturated heterocycles. The number of carbonyl (C=O) groups excluding carboxylic acids is 3. The summed E-state index contributed by atoms with van der Waals surface area (Å²) in [5.41, 5.74) is -0.325. The van der Waals surface area contributed by atoms with Gasteiger partial charge in [-0.3, -0.25) is 19.7 Å². The highest BCUT2D eigenvalue weighted by Gasteiger charge is 2.67. The third kappa shape index (κ3) is 3.56. The van der Waals surface area contributed by atoms with E-state index in [9.17, 15) is 14.4 Å². The molecule has 180 valence electrons. The summed E-state index contributed by atoms with van der Waals surface area (Å²) >= 11 is 0. The van der Waals surface area contributed by atoms with Crippen LogP contribution in [0.4, 0.5) is 5.69 Å². The van der Waals surface area contributed by atoms with Crippen LogP contribution in [0.3, 0.4) is 0 Å². The lowest BCUT2D eigenvalue weighted by atomic mass is 9.80. The van der Waals surface area contributed by atoms with Gasteiger partial charge in [-0.25, -0.2) is 4.90 Å². The number of hydrogen-bond acceptors (Lipinski definition) is 8. The van der Waals surface area contributed by atoms with Gasteiger partial charge >= 0.3 is 5.97 Å². The lowest BCUT2D eigenvalue weighted by Crippen LogP contribution is -2.54. The Morgan fingerprint density at radius 2 is 1.74 bits per heavy atom. The molecule has 0 bridgehead atoms. The van der Waals surface area contributed by atoms with E-state index in [2.05, 4.69) is 5.32 Å². The van der Waals surface area contributed by atoms with Crippen LogP contribution in [0.15, 0.2) is 42.5 Å². The van der Waals surface area contributed by atoms with Crippen LogP contribution in [0, 0.1) is 11.8 Å². The van der Waals surface area contributed by atoms with Crippen molar-refractivity contribution in [3.05, 3.63) is 48.0 Å². The lowest BCUT2D eigenvalue weighted by molar-refractivity contribution is -0.153. The summed E-state index contributed by atoms with van der Waals surface area (Å²) in [7, 11) is 4.56. The van der Waals surface area contributed by atoms with E-state index in [1.807, 2.05) is 0 Å². The second-order valence-corrected chi connectivity index (χ2v) is 8.38. The first-order valence-corrected chi connectivity index (χ1v) is 11.0. The fourth-order valence-corrected chi connectivity index (χ4v) is 4.94. The van der Waals surface area contributed by atoms with E-state index < -0.39 is 41.2 Å². The van der Waals surface area contributed by atoms with Crippen molar-refractivity contribution in [3.63, 3.8) is 0 Å². The third-order valence-corrected chi connectivity index (χ3v) is 6.57. The number of nitrogens with one attached hydrogen (secondary N) is 1. The minimum absolute atomic E-state index is 0.149. The van der Waals surface area contributed by atoms with Gasteiger partial charge in [0.15, 0.2) is 11.5 Å². The molecule has 0 unspecified atom stereocenters. The van der Waals surface area contributed by atoms with Crippen molar-refractivity contribution < 1.29 is 33.3 Å². The molecule has 2 aromatic carbocycles. The Labute approximate surface area is 197 Å². The molecule has 0 aliphatic carbocycles. The molecule has 2 heterocycles. The summed E-state index contributed by atoms with van der Waals surface area (Å²) in [6.07, 6.45) is 0. The summed E-state index contributed by atoms with van der Waals surface area (Å²) in [5.74, 6) is -1.71. The van der Waals surface area contributed by atoms with Gasteiger partial charge in [0.05, 0.1) is 45.5 Å². The van der Waals surface area contributed by atoms with Gasteiger partial charge in [0.1, 0.15) is 11.3 Å². The standard InChI is InChI=1S/C25H28N2O7/c1-6-34-24(30)25(2)20-19(21(26-25)14-10-11-17(32-4)18(12-14)33-5)22(28)27(23(20)29)15-8-7-9-16(13-15)31-3/h7-13,19-21,26H,6H2,1-5H3/t19-,20+,21-,25-/m1/s1. The van der Waals surface area contributed by atoms with E-state index in [0.29, 0.717) is 28.5 Å². The van der Waals surface area contributed by atoms with Gasteiger partial charge in [0.25, 0.3) is 0 Å². The number of carbonyl (C=O) groups is 3. The van der Waals surface area contributed by atoms with Gasteiger partial charge in [-0.1, -0.05) is 12.1 Å². The van der Waals surface area contributed by atoms with Crippen molar-refractivity contribution in [2.45, 2.75) is 25.4 Å². The number of amides is 2. The zero-order chi connectivity index (χ0) is 24.6. The van der Waals surface area contributed by atoms with E-state index in [1.54, 1.807) is 56.3 Å². The number of benzene rings is 2. The first-order valence-electron chi connectivity index (χ1n) is 11.0. The number of hydrogen-bond donors (Lipinski definition) is 1. The number of ether oxygens (including phenoxy) is 4. The normalized spacial score (nSPS) is 25.8. The highest BCUT2D eigenvalue weighted by Crippen LogP contribution is 2.50. The summed E-state index contributed by atoms with van der Waals surface area (Å²) in [6.45, 7) is 3.46. The molecule has 9 nitrogen and oxygen atoms in total. The van der Waals surface area contributed by atoms with Crippen LogP contribution in [0.1, 0.15) is 25.5 Å². The third-order valence-electron chi connectivity index (χ3n) is 6.57. The number of imide groups is 1. The maximum absolute atomic E-state index is 13.7. The fraction of sp³-hybridized carbons (Fsp3) is 0.400. The molecule has 0 saturated carbocycles. The molecule has 2 aromatic rings. The summed E-state index contributed by atoms with van der Waals surface area (Å²) in [5, 5.41) is 3.25. The van der Waals surface area contributed by atoms with E-state index in [-0.39, 0.29) is 6.61 Å². The van der Waals surface area contributed by atoms with E-state index in [1.165, 1.54) is 21.3 Å². The van der Waals surface area contributed by atoms with E-state index in [4.69, 9.17) is 18.9 Å². The van der Waals surface area contributed by atoms with Crippen molar-refractivity contribution in [2.24, 2.45) is 11.8 Å². The second-order valence-electron chi connectivity index (χ2n) is 8.38. The van der Waals surface area contributed by atoms with Gasteiger partial charge in [-0.15, -0.1) is 0 Å². The minimum atomic E-state index is -1.40. The van der Waals surface area contributed by atoms with Gasteiger partial charge < -0.3 is 18.9 Å². The smallest absolute Gasteiger partial charge is 0.326 e. The maximum Gasteiger partial charge on any atom is 0.326 e. The molecular weight excluding hydrogens is 440 g/mol. The molecule has 34 heavy (non-hydrogen) atoms. The van der Waals surface area contributed by atoms with Crippen LogP contribution in [0.25, 0.3) is 0 Å². The quantitative estimate of drug-likeness (QED) is 0.488. The Kier molecular flexibility index (Phi) is 6.22. The topological polar surface area (TPSA) is 103 Å². The predicted molar refractivity (Wildman–Crippen MR) is 123 cm³/mol. The van der Waals surface area contributed by atoms with Gasteiger partial charge in [-0.2, -0.15) is 0 Å². The van der Waals surface area contributed by atoms with E-state index in [0.717, 1.165) is 4.90 Å². The monoisotopic (exact) mass is 468 g/mol. The van der Waals surface area contributed by atoms with Crippen molar-refractivity contribution >= 4 is 23.5 Å². The number of fused-ring (bicyclic) bond motifs is 1. The Bertz CT molecular complexity index is 1130. The first kappa shape index (κ1) is 23.6. The Hall–Kier alpha value is -3.59. The molecule has 4 atom stereocenters. The van der Waals surface area contributed by atoms with Crippen LogP contribution in [-0.4, -0.2) is 51.3 Å². The SMILES string of the molecule is CCOC(=O)[C@]1(C)N[C@H](c2ccc(OC)c(OC)c2)[C@@H]2C(=O)N(c3cccc(OC)c3)C(=O)[C@H]21. The molecule has 0 radical (unpaired) electrons. The van der Waals surface area contributed by atoms with Gasteiger partial charge in [0.2, 0.25) is 11.8 Å². The van der Waals surface area contributed by atoms with Crippen LogP contribution < -0.4 is 24.4 Å². The number of rotatable bonds is 7. The highest BCUT2D eigenvalue weighted by molar-refractivity contribution is 6.24. The molecule has 0 spiro atoms. The molecule has 9 heteroatoms. The predicted octanol–water partition coefficient (Wildman–Crippen LogP) is 2.48. The van der Waals surface area contributed by atoms with Crippen LogP contribution in [0.2, 0.25) is 0 Å². The lowest BCUT2D eigenvalue weighted by Gasteiger charge is -2.29. The minimum Gasteiger partial charge on any atom is -0.497 e. The Morgan fingerprint density at radius 1 is 1.00 bits per heavy atom. The largest absolute Gasteiger partial charge is 0.497 e. The summed E-state index contributed by atoms with van der Waals surface area (Å²) in [6, 6.07) is 11.4. The van der Waals surface area contributed by atoms with Crippen molar-refractivity contribution in [1.82, 2.24) is 5.32 Å². The van der Waals surface area contributed by atoms with Crippen molar-refractivity contribution in [1.29, 1.82) is 0 Å². The Balaban J connectivity index is 1.82. The van der Waals surface area contributed by atoms with E-state index >= 15 is 0 Å². The molecule has 1 N–H and O–H groups in total. The maximum atomic E-state index is 13.7. The molecular formula is C25H28N2O7. The zero-order valence-electron chi connectivity index (χ0n) is 19.8. The Morgan fingerprint density at radius 3 is 2.38 bits per heavy atom. The van der Waals surface area contributed by atoms with Crippen LogP contribution in [0.5, 0.6) is 17.2 Å². The number of nitrogens with zero attached hydrogens (tertiary/aromatic N) is 1. The zero-order valence-corrected chi connectivity index (χ0v) is 19.8.